The third kappa shape index (κ3) is 7.21. The quantitative estimate of drug-likeness (QED) is 0.410. The standard InChI is InChI=1S/C9H15IO4S.C3H8O2/c1-9(2)13-6-3-4-11-7(5-12-15-10)8(6)14-9;1-3(2,4)5/h6-8H,3-5H2,1-2H3;4-5H,1-2H3/t6?,7-,8?;/m1./s1. The highest BCUT2D eigenvalue weighted by Crippen LogP contribution is 2.35. The first-order chi connectivity index (χ1) is 9.12. The fourth-order valence-corrected chi connectivity index (χ4v) is 2.69. The molecule has 0 aromatic carbocycles. The van der Waals surface area contributed by atoms with Gasteiger partial charge in [-0.1, -0.05) is 0 Å². The minimum atomic E-state index is -1.50. The fraction of sp³-hybridized carbons (Fsp3) is 1.00. The Kier molecular flexibility index (Phi) is 7.47. The molecule has 2 heterocycles. The van der Waals surface area contributed by atoms with E-state index in [1.165, 1.54) is 23.1 Å². The molecule has 2 rings (SSSR count). The average molecular weight is 422 g/mol. The van der Waals surface area contributed by atoms with E-state index >= 15 is 0 Å². The van der Waals surface area contributed by atoms with Gasteiger partial charge in [0.1, 0.15) is 12.2 Å². The molecule has 0 amide bonds. The first-order valence-electron chi connectivity index (χ1n) is 6.44. The number of ether oxygens (including phenoxy) is 3. The maximum absolute atomic E-state index is 8.08. The molecular weight excluding hydrogens is 399 g/mol. The van der Waals surface area contributed by atoms with Gasteiger partial charge in [0.05, 0.1) is 21.9 Å². The highest BCUT2D eigenvalue weighted by molar-refractivity contribution is 14.2. The topological polar surface area (TPSA) is 77.4 Å². The van der Waals surface area contributed by atoms with Crippen molar-refractivity contribution in [1.82, 2.24) is 0 Å². The lowest BCUT2D eigenvalue weighted by Crippen LogP contribution is -2.44. The number of aliphatic hydroxyl groups is 2. The minimum Gasteiger partial charge on any atom is -0.373 e. The average Bonchev–Trinajstić information content (AvgIpc) is 2.58. The van der Waals surface area contributed by atoms with Gasteiger partial charge in [-0.05, 0) is 34.1 Å². The van der Waals surface area contributed by atoms with E-state index < -0.39 is 11.6 Å². The first kappa shape index (κ1) is 18.9. The molecule has 0 aromatic heterocycles. The van der Waals surface area contributed by atoms with Crippen LogP contribution in [0.5, 0.6) is 0 Å². The van der Waals surface area contributed by atoms with E-state index in [0.29, 0.717) is 6.61 Å². The van der Waals surface area contributed by atoms with Crippen LogP contribution in [-0.2, 0) is 18.4 Å². The smallest absolute Gasteiger partial charge is 0.163 e. The Labute approximate surface area is 136 Å². The van der Waals surface area contributed by atoms with Crippen LogP contribution in [0, 0.1) is 0 Å². The van der Waals surface area contributed by atoms with Gasteiger partial charge in [-0.2, -0.15) is 0 Å². The second kappa shape index (κ2) is 7.91. The Bertz CT molecular complexity index is 290. The molecule has 0 aromatic rings. The van der Waals surface area contributed by atoms with Crippen LogP contribution in [-0.4, -0.2) is 53.3 Å². The molecule has 0 saturated carbocycles. The summed E-state index contributed by atoms with van der Waals surface area (Å²) in [6.07, 6.45) is 1.06. The van der Waals surface area contributed by atoms with Crippen LogP contribution in [0.1, 0.15) is 34.1 Å². The van der Waals surface area contributed by atoms with Crippen molar-refractivity contribution < 1.29 is 28.6 Å². The molecule has 2 aliphatic rings. The highest BCUT2D eigenvalue weighted by atomic mass is 127. The highest BCUT2D eigenvalue weighted by Gasteiger charge is 2.47. The maximum atomic E-state index is 8.08. The summed E-state index contributed by atoms with van der Waals surface area (Å²) in [6, 6.07) is 0. The fourth-order valence-electron chi connectivity index (χ4n) is 2.07. The summed E-state index contributed by atoms with van der Waals surface area (Å²) in [6.45, 7) is 7.75. The largest absolute Gasteiger partial charge is 0.373 e. The third-order valence-corrected chi connectivity index (χ3v) is 3.59. The molecule has 0 aliphatic carbocycles. The molecule has 6 nitrogen and oxygen atoms in total. The lowest BCUT2D eigenvalue weighted by atomic mass is 10.0. The summed E-state index contributed by atoms with van der Waals surface area (Å²) in [7, 11) is 1.32. The van der Waals surface area contributed by atoms with Crippen LogP contribution in [0.25, 0.3) is 0 Å². The molecule has 0 radical (unpaired) electrons. The van der Waals surface area contributed by atoms with Gasteiger partial charge < -0.3 is 28.6 Å². The van der Waals surface area contributed by atoms with E-state index in [2.05, 4.69) is 21.2 Å². The summed E-state index contributed by atoms with van der Waals surface area (Å²) in [5.41, 5.74) is 0. The molecule has 2 fully saturated rings. The van der Waals surface area contributed by atoms with Crippen LogP contribution in [0.15, 0.2) is 0 Å². The Balaban J connectivity index is 0.000000347. The third-order valence-electron chi connectivity index (χ3n) is 2.60. The van der Waals surface area contributed by atoms with Crippen molar-refractivity contribution in [3.05, 3.63) is 0 Å². The Morgan fingerprint density at radius 2 is 1.95 bits per heavy atom. The van der Waals surface area contributed by atoms with Crippen molar-refractivity contribution >= 4 is 30.4 Å². The molecule has 8 heteroatoms. The molecular formula is C12H23IO6S. The van der Waals surface area contributed by atoms with Crippen LogP contribution in [0.4, 0.5) is 0 Å². The van der Waals surface area contributed by atoms with E-state index in [4.69, 9.17) is 28.6 Å². The second-order valence-electron chi connectivity index (χ2n) is 5.68. The zero-order valence-electron chi connectivity index (χ0n) is 12.2. The van der Waals surface area contributed by atoms with E-state index in [1.807, 2.05) is 13.8 Å². The SMILES string of the molecule is CC(C)(O)O.CC1(C)OC2CCO[C@H](COSI)C2O1. The van der Waals surface area contributed by atoms with Gasteiger partial charge in [-0.15, -0.1) is 0 Å². The molecule has 2 unspecified atom stereocenters. The number of hydrogen-bond donors (Lipinski definition) is 2. The molecule has 2 N–H and O–H groups in total. The van der Waals surface area contributed by atoms with Crippen LogP contribution >= 0.6 is 30.4 Å². The predicted molar refractivity (Wildman–Crippen MR) is 84.3 cm³/mol. The van der Waals surface area contributed by atoms with Gasteiger partial charge in [-0.25, -0.2) is 0 Å². The monoisotopic (exact) mass is 422 g/mol. The number of hydrogen-bond acceptors (Lipinski definition) is 7. The van der Waals surface area contributed by atoms with E-state index in [-0.39, 0.29) is 18.3 Å². The molecule has 0 spiro atoms. The van der Waals surface area contributed by atoms with Crippen LogP contribution < -0.4 is 0 Å². The zero-order valence-corrected chi connectivity index (χ0v) is 15.1. The predicted octanol–water partition coefficient (Wildman–Crippen LogP) is 2.02. The van der Waals surface area contributed by atoms with Gasteiger partial charge in [0.25, 0.3) is 0 Å². The lowest BCUT2D eigenvalue weighted by Gasteiger charge is -2.30. The van der Waals surface area contributed by atoms with Crippen molar-refractivity contribution in [2.75, 3.05) is 13.2 Å². The Hall–Kier alpha value is 0.840. The molecule has 120 valence electrons. The summed E-state index contributed by atoms with van der Waals surface area (Å²) < 4.78 is 22.6. The number of rotatable bonds is 3. The second-order valence-corrected chi connectivity index (χ2v) is 7.12. The summed E-state index contributed by atoms with van der Waals surface area (Å²) in [5.74, 6) is -1.99. The van der Waals surface area contributed by atoms with Gasteiger partial charge >= 0.3 is 0 Å². The summed E-state index contributed by atoms with van der Waals surface area (Å²) >= 11 is 2.10. The van der Waals surface area contributed by atoms with E-state index in [0.717, 1.165) is 13.0 Å². The Morgan fingerprint density at radius 3 is 2.50 bits per heavy atom. The number of halogens is 1. The van der Waals surface area contributed by atoms with Crippen molar-refractivity contribution in [2.24, 2.45) is 0 Å². The normalized spacial score (nSPS) is 32.2. The minimum absolute atomic E-state index is 0.00668. The molecule has 0 bridgehead atoms. The maximum Gasteiger partial charge on any atom is 0.163 e. The molecule has 2 aliphatic heterocycles. The lowest BCUT2D eigenvalue weighted by molar-refractivity contribution is -0.156. The number of fused-ring (bicyclic) bond motifs is 1. The molecule has 3 atom stereocenters. The molecule has 2 saturated heterocycles. The molecule has 20 heavy (non-hydrogen) atoms. The van der Waals surface area contributed by atoms with E-state index in [9.17, 15) is 0 Å². The van der Waals surface area contributed by atoms with Crippen molar-refractivity contribution in [3.8, 4) is 0 Å². The van der Waals surface area contributed by atoms with Crippen LogP contribution in [0.3, 0.4) is 0 Å². The van der Waals surface area contributed by atoms with Crippen molar-refractivity contribution in [3.63, 3.8) is 0 Å². The van der Waals surface area contributed by atoms with Gasteiger partial charge in [0, 0.05) is 27.8 Å². The Morgan fingerprint density at radius 1 is 1.35 bits per heavy atom. The van der Waals surface area contributed by atoms with Gasteiger partial charge in [0.15, 0.2) is 11.6 Å². The van der Waals surface area contributed by atoms with Crippen molar-refractivity contribution in [1.29, 1.82) is 0 Å². The van der Waals surface area contributed by atoms with Crippen LogP contribution in [0.2, 0.25) is 0 Å². The zero-order chi connectivity index (χ0) is 15.4. The summed E-state index contributed by atoms with van der Waals surface area (Å²) in [5, 5.41) is 16.2. The van der Waals surface area contributed by atoms with Crippen molar-refractivity contribution in [2.45, 2.75) is 64.0 Å². The van der Waals surface area contributed by atoms with Gasteiger partial charge in [0.2, 0.25) is 0 Å². The van der Waals surface area contributed by atoms with Gasteiger partial charge in [-0.3, -0.25) is 0 Å². The first-order valence-corrected chi connectivity index (χ1v) is 9.73. The van der Waals surface area contributed by atoms with E-state index in [1.54, 1.807) is 0 Å². The summed E-state index contributed by atoms with van der Waals surface area (Å²) in [4.78, 5) is 0.